The van der Waals surface area contributed by atoms with Gasteiger partial charge in [-0.15, -0.1) is 0 Å². The summed E-state index contributed by atoms with van der Waals surface area (Å²) in [5.74, 6) is -0.0301. The molecule has 62 valence electrons. The van der Waals surface area contributed by atoms with Crippen molar-refractivity contribution in [1.82, 2.24) is 0 Å². The van der Waals surface area contributed by atoms with Gasteiger partial charge >= 0.3 is 0 Å². The number of rotatable bonds is 1. The molecular formula is C8H13NO2. The number of Topliss-reactive ketones (excluding diaryl/α,β-unsaturated/α-hetero) is 1. The maximum Gasteiger partial charge on any atom is 0.167 e. The van der Waals surface area contributed by atoms with E-state index in [-0.39, 0.29) is 16.6 Å². The van der Waals surface area contributed by atoms with Gasteiger partial charge in [-0.05, 0) is 0 Å². The standard InChI is InChI=1S/C8H13NO2/c1-7(2)5(9-11)6(10)8(7,3)4/h5H,1-4H3. The Balaban J connectivity index is 2.97. The third-order valence-corrected chi connectivity index (χ3v) is 3.26. The van der Waals surface area contributed by atoms with Crippen molar-refractivity contribution in [3.05, 3.63) is 4.91 Å². The van der Waals surface area contributed by atoms with Gasteiger partial charge in [0, 0.05) is 10.8 Å². The minimum atomic E-state index is -0.627. The Kier molecular flexibility index (Phi) is 1.44. The van der Waals surface area contributed by atoms with Crippen molar-refractivity contribution in [2.24, 2.45) is 16.0 Å². The zero-order valence-electron chi connectivity index (χ0n) is 7.34. The van der Waals surface area contributed by atoms with E-state index in [0.29, 0.717) is 0 Å². The Bertz CT molecular complexity index is 218. The lowest BCUT2D eigenvalue weighted by atomic mass is 9.49. The Morgan fingerprint density at radius 3 is 1.91 bits per heavy atom. The fourth-order valence-corrected chi connectivity index (χ4v) is 1.43. The van der Waals surface area contributed by atoms with Gasteiger partial charge in [-0.2, -0.15) is 4.91 Å². The molecule has 0 heterocycles. The molecule has 0 aromatic heterocycles. The Labute approximate surface area is 66.1 Å². The van der Waals surface area contributed by atoms with Crippen LogP contribution < -0.4 is 0 Å². The molecule has 3 nitrogen and oxygen atoms in total. The number of nitroso groups, excluding NO2 is 1. The number of hydrogen-bond acceptors (Lipinski definition) is 3. The normalized spacial score (nSPS) is 32.7. The number of ketones is 1. The summed E-state index contributed by atoms with van der Waals surface area (Å²) in [6, 6.07) is -0.627. The minimum Gasteiger partial charge on any atom is -0.296 e. The Morgan fingerprint density at radius 2 is 1.73 bits per heavy atom. The van der Waals surface area contributed by atoms with E-state index in [0.717, 1.165) is 0 Å². The van der Waals surface area contributed by atoms with Gasteiger partial charge in [0.2, 0.25) is 0 Å². The van der Waals surface area contributed by atoms with Crippen LogP contribution in [0.25, 0.3) is 0 Å². The van der Waals surface area contributed by atoms with E-state index in [1.54, 1.807) is 0 Å². The van der Waals surface area contributed by atoms with Crippen LogP contribution in [0, 0.1) is 15.7 Å². The molecule has 0 spiro atoms. The summed E-state index contributed by atoms with van der Waals surface area (Å²) in [5, 5.41) is 2.82. The summed E-state index contributed by atoms with van der Waals surface area (Å²) in [5.41, 5.74) is -0.655. The molecule has 1 atom stereocenters. The zero-order chi connectivity index (χ0) is 8.86. The summed E-state index contributed by atoms with van der Waals surface area (Å²) in [6.45, 7) is 7.52. The molecule has 0 aromatic rings. The minimum absolute atomic E-state index is 0.0301. The van der Waals surface area contributed by atoms with Crippen molar-refractivity contribution in [3.8, 4) is 0 Å². The van der Waals surface area contributed by atoms with E-state index in [4.69, 9.17) is 0 Å². The quantitative estimate of drug-likeness (QED) is 0.541. The first kappa shape index (κ1) is 8.37. The molecule has 1 aliphatic rings. The van der Waals surface area contributed by atoms with Gasteiger partial charge in [0.05, 0.1) is 0 Å². The fraction of sp³-hybridized carbons (Fsp3) is 0.875. The molecule has 0 N–H and O–H groups in total. The molecule has 0 aromatic carbocycles. The van der Waals surface area contributed by atoms with Crippen LogP contribution in [0.2, 0.25) is 0 Å². The maximum atomic E-state index is 11.2. The van der Waals surface area contributed by atoms with Crippen LogP contribution in [-0.2, 0) is 4.79 Å². The van der Waals surface area contributed by atoms with E-state index >= 15 is 0 Å². The van der Waals surface area contributed by atoms with E-state index in [1.165, 1.54) is 0 Å². The van der Waals surface area contributed by atoms with Crippen molar-refractivity contribution in [2.75, 3.05) is 0 Å². The van der Waals surface area contributed by atoms with Crippen molar-refractivity contribution in [3.63, 3.8) is 0 Å². The van der Waals surface area contributed by atoms with Gasteiger partial charge in [0.1, 0.15) is 0 Å². The van der Waals surface area contributed by atoms with Crippen molar-refractivity contribution in [2.45, 2.75) is 33.7 Å². The SMILES string of the molecule is CC1(C)C(=O)C(N=O)C1(C)C. The summed E-state index contributed by atoms with van der Waals surface area (Å²) in [7, 11) is 0. The van der Waals surface area contributed by atoms with Crippen molar-refractivity contribution < 1.29 is 4.79 Å². The third kappa shape index (κ3) is 0.710. The number of carbonyl (C=O) groups is 1. The topological polar surface area (TPSA) is 46.5 Å². The van der Waals surface area contributed by atoms with Crippen molar-refractivity contribution >= 4 is 5.78 Å². The van der Waals surface area contributed by atoms with E-state index in [2.05, 4.69) is 5.18 Å². The molecule has 0 bridgehead atoms. The van der Waals surface area contributed by atoms with Crippen LogP contribution in [0.5, 0.6) is 0 Å². The first-order valence-electron chi connectivity index (χ1n) is 3.72. The highest BCUT2D eigenvalue weighted by Gasteiger charge is 2.63. The van der Waals surface area contributed by atoms with Crippen LogP contribution in [0.4, 0.5) is 0 Å². The summed E-state index contributed by atoms with van der Waals surface area (Å²) >= 11 is 0. The molecule has 1 saturated carbocycles. The van der Waals surface area contributed by atoms with Gasteiger partial charge < -0.3 is 0 Å². The molecule has 1 aliphatic carbocycles. The van der Waals surface area contributed by atoms with E-state index < -0.39 is 6.04 Å². The highest BCUT2D eigenvalue weighted by Crippen LogP contribution is 2.54. The van der Waals surface area contributed by atoms with Crippen LogP contribution in [0.3, 0.4) is 0 Å². The van der Waals surface area contributed by atoms with Crippen molar-refractivity contribution in [1.29, 1.82) is 0 Å². The maximum absolute atomic E-state index is 11.2. The van der Waals surface area contributed by atoms with Crippen LogP contribution >= 0.6 is 0 Å². The monoisotopic (exact) mass is 155 g/mol. The lowest BCUT2D eigenvalue weighted by Gasteiger charge is -2.53. The highest BCUT2D eigenvalue weighted by molar-refractivity contribution is 5.97. The molecule has 1 unspecified atom stereocenters. The molecule has 0 saturated heterocycles. The molecule has 3 heteroatoms. The molecular weight excluding hydrogens is 142 g/mol. The second-order valence-corrected chi connectivity index (χ2v) is 4.22. The first-order chi connectivity index (χ1) is 4.85. The predicted molar refractivity (Wildman–Crippen MR) is 42.2 cm³/mol. The summed E-state index contributed by atoms with van der Waals surface area (Å²) in [6.07, 6.45) is 0. The summed E-state index contributed by atoms with van der Waals surface area (Å²) < 4.78 is 0. The number of hydrogen-bond donors (Lipinski definition) is 0. The average molecular weight is 155 g/mol. The molecule has 0 amide bonds. The predicted octanol–water partition coefficient (Wildman–Crippen LogP) is 1.76. The molecule has 1 rings (SSSR count). The lowest BCUT2D eigenvalue weighted by Crippen LogP contribution is -2.63. The third-order valence-electron chi connectivity index (χ3n) is 3.26. The fourth-order valence-electron chi connectivity index (χ4n) is 1.43. The van der Waals surface area contributed by atoms with Gasteiger partial charge in [0.25, 0.3) is 0 Å². The lowest BCUT2D eigenvalue weighted by molar-refractivity contribution is -0.156. The summed E-state index contributed by atoms with van der Waals surface area (Å²) in [4.78, 5) is 21.5. The second kappa shape index (κ2) is 1.90. The average Bonchev–Trinajstić information content (AvgIpc) is 1.88. The zero-order valence-corrected chi connectivity index (χ0v) is 7.34. The Hall–Kier alpha value is -0.730. The molecule has 11 heavy (non-hydrogen) atoms. The smallest absolute Gasteiger partial charge is 0.167 e. The number of nitrogens with zero attached hydrogens (tertiary/aromatic N) is 1. The number of carbonyl (C=O) groups excluding carboxylic acids is 1. The van der Waals surface area contributed by atoms with E-state index in [9.17, 15) is 9.70 Å². The largest absolute Gasteiger partial charge is 0.296 e. The van der Waals surface area contributed by atoms with Crippen LogP contribution in [0.15, 0.2) is 5.18 Å². The van der Waals surface area contributed by atoms with Gasteiger partial charge in [-0.3, -0.25) is 4.79 Å². The molecule has 0 aliphatic heterocycles. The van der Waals surface area contributed by atoms with E-state index in [1.807, 2.05) is 27.7 Å². The molecule has 1 fully saturated rings. The first-order valence-corrected chi connectivity index (χ1v) is 3.72. The van der Waals surface area contributed by atoms with Crippen LogP contribution in [-0.4, -0.2) is 11.8 Å². The van der Waals surface area contributed by atoms with Crippen LogP contribution in [0.1, 0.15) is 27.7 Å². The Morgan fingerprint density at radius 1 is 1.27 bits per heavy atom. The molecule has 0 radical (unpaired) electrons. The second-order valence-electron chi connectivity index (χ2n) is 4.22. The van der Waals surface area contributed by atoms with Gasteiger partial charge in [0.15, 0.2) is 11.8 Å². The van der Waals surface area contributed by atoms with Gasteiger partial charge in [-0.1, -0.05) is 32.9 Å². The highest BCUT2D eigenvalue weighted by atomic mass is 16.3. The van der Waals surface area contributed by atoms with Gasteiger partial charge in [-0.25, -0.2) is 0 Å².